The second-order valence-electron chi connectivity index (χ2n) is 6.69. The third-order valence-corrected chi connectivity index (χ3v) is 4.72. The zero-order valence-corrected chi connectivity index (χ0v) is 15.5. The number of aliphatic hydroxyl groups is 1. The van der Waals surface area contributed by atoms with E-state index < -0.39 is 31.2 Å². The van der Waals surface area contributed by atoms with Crippen molar-refractivity contribution in [1.29, 1.82) is 0 Å². The van der Waals surface area contributed by atoms with Gasteiger partial charge in [0.05, 0.1) is 31.0 Å². The number of carbonyl (C=O) groups excluding carboxylic acids is 1. The highest BCUT2D eigenvalue weighted by Crippen LogP contribution is 2.24. The number of hydrogen-bond acceptors (Lipinski definition) is 5. The number of ether oxygens (including phenoxy) is 1. The molecule has 0 saturated carbocycles. The van der Waals surface area contributed by atoms with Crippen LogP contribution >= 0.6 is 0 Å². The van der Waals surface area contributed by atoms with Gasteiger partial charge in [-0.15, -0.1) is 0 Å². The van der Waals surface area contributed by atoms with Crippen LogP contribution in [-0.2, 0) is 9.53 Å². The molecule has 2 heterocycles. The maximum Gasteiger partial charge on any atom is 0.315 e. The highest BCUT2D eigenvalue weighted by Gasteiger charge is 2.26. The summed E-state index contributed by atoms with van der Waals surface area (Å²) >= 11 is 0. The number of carbonyl (C=O) groups is 1. The quantitative estimate of drug-likeness (QED) is 0.653. The lowest BCUT2D eigenvalue weighted by atomic mass is 9.99. The molecule has 1 aliphatic heterocycles. The van der Waals surface area contributed by atoms with Crippen molar-refractivity contribution in [2.45, 2.75) is 24.6 Å². The Balaban J connectivity index is 1.68. The highest BCUT2D eigenvalue weighted by molar-refractivity contribution is 5.79. The number of nitrogens with zero attached hydrogens (tertiary/aromatic N) is 1. The molecule has 156 valence electrons. The van der Waals surface area contributed by atoms with Crippen LogP contribution in [0.15, 0.2) is 42.6 Å². The summed E-state index contributed by atoms with van der Waals surface area (Å²) in [4.78, 5) is 15.5. The smallest absolute Gasteiger partial charge is 0.315 e. The first-order chi connectivity index (χ1) is 14.0. The molecule has 9 heteroatoms. The standard InChI is InChI=1S/C20H22F3N3O3/c21-9-16(26-20(28)19(22)23)18(27)13-3-1-12(2-4-13)14-5-6-15(25-10-14)17-11-29-8-7-24-17/h1-6,10,16-19,24,27H,7-9,11H2,(H,26,28)/t16-,17?,18-/m1/s1. The minimum absolute atomic E-state index is 0.0522. The minimum Gasteiger partial charge on any atom is -0.386 e. The number of hydrogen-bond donors (Lipinski definition) is 3. The number of aromatic nitrogens is 1. The molecule has 3 N–H and O–H groups in total. The fourth-order valence-corrected chi connectivity index (χ4v) is 3.09. The summed E-state index contributed by atoms with van der Waals surface area (Å²) in [6.45, 7) is 0.847. The van der Waals surface area contributed by atoms with Crippen molar-refractivity contribution in [3.8, 4) is 11.1 Å². The Bertz CT molecular complexity index is 797. The van der Waals surface area contributed by atoms with Crippen LogP contribution in [-0.4, -0.2) is 54.9 Å². The fraction of sp³-hybridized carbons (Fsp3) is 0.400. The summed E-state index contributed by atoms with van der Waals surface area (Å²) in [6.07, 6.45) is -3.00. The van der Waals surface area contributed by atoms with Gasteiger partial charge < -0.3 is 20.5 Å². The van der Waals surface area contributed by atoms with Crippen molar-refractivity contribution >= 4 is 5.91 Å². The first-order valence-corrected chi connectivity index (χ1v) is 9.19. The van der Waals surface area contributed by atoms with E-state index in [4.69, 9.17) is 4.74 Å². The van der Waals surface area contributed by atoms with Gasteiger partial charge in [-0.3, -0.25) is 9.78 Å². The molecule has 2 aromatic rings. The average Bonchev–Trinajstić information content (AvgIpc) is 2.77. The van der Waals surface area contributed by atoms with E-state index in [1.807, 2.05) is 17.4 Å². The van der Waals surface area contributed by atoms with Gasteiger partial charge in [-0.1, -0.05) is 30.3 Å². The lowest BCUT2D eigenvalue weighted by molar-refractivity contribution is -0.133. The summed E-state index contributed by atoms with van der Waals surface area (Å²) in [6, 6.07) is 8.96. The summed E-state index contributed by atoms with van der Waals surface area (Å²) in [5, 5.41) is 15.4. The van der Waals surface area contributed by atoms with E-state index in [1.54, 1.807) is 30.5 Å². The Labute approximate surface area is 166 Å². The highest BCUT2D eigenvalue weighted by atomic mass is 19.3. The first-order valence-electron chi connectivity index (χ1n) is 9.19. The van der Waals surface area contributed by atoms with Crippen LogP contribution in [0.4, 0.5) is 13.2 Å². The molecule has 3 atom stereocenters. The maximum atomic E-state index is 13.1. The molecule has 1 saturated heterocycles. The van der Waals surface area contributed by atoms with Crippen LogP contribution in [0.5, 0.6) is 0 Å². The van der Waals surface area contributed by atoms with Gasteiger partial charge in [0.2, 0.25) is 0 Å². The Morgan fingerprint density at radius 2 is 1.97 bits per heavy atom. The van der Waals surface area contributed by atoms with Crippen molar-refractivity contribution in [3.63, 3.8) is 0 Å². The number of halogens is 3. The number of rotatable bonds is 7. The van der Waals surface area contributed by atoms with E-state index in [1.165, 1.54) is 0 Å². The summed E-state index contributed by atoms with van der Waals surface area (Å²) in [7, 11) is 0. The molecule has 1 aromatic carbocycles. The van der Waals surface area contributed by atoms with E-state index in [-0.39, 0.29) is 6.04 Å². The summed E-state index contributed by atoms with van der Waals surface area (Å²) < 4.78 is 43.2. The zero-order valence-electron chi connectivity index (χ0n) is 15.5. The number of nitrogens with one attached hydrogen (secondary N) is 2. The average molecular weight is 409 g/mol. The van der Waals surface area contributed by atoms with Crippen LogP contribution in [0.25, 0.3) is 11.1 Å². The maximum absolute atomic E-state index is 13.1. The normalized spacial score (nSPS) is 19.0. The van der Waals surface area contributed by atoms with Gasteiger partial charge in [0, 0.05) is 18.3 Å². The summed E-state index contributed by atoms with van der Waals surface area (Å²) in [5.41, 5.74) is 2.85. The van der Waals surface area contributed by atoms with Crippen LogP contribution in [0.1, 0.15) is 23.4 Å². The van der Waals surface area contributed by atoms with Gasteiger partial charge in [-0.25, -0.2) is 4.39 Å². The number of pyridine rings is 1. The van der Waals surface area contributed by atoms with Crippen LogP contribution < -0.4 is 10.6 Å². The van der Waals surface area contributed by atoms with Gasteiger partial charge in [0.1, 0.15) is 12.8 Å². The number of morpholine rings is 1. The number of aliphatic hydroxyl groups excluding tert-OH is 1. The van der Waals surface area contributed by atoms with Crippen molar-refractivity contribution < 1.29 is 27.8 Å². The van der Waals surface area contributed by atoms with E-state index in [0.29, 0.717) is 18.8 Å². The molecule has 1 aromatic heterocycles. The third-order valence-electron chi connectivity index (χ3n) is 4.72. The van der Waals surface area contributed by atoms with Crippen molar-refractivity contribution in [1.82, 2.24) is 15.6 Å². The molecule has 3 rings (SSSR count). The molecule has 1 fully saturated rings. The largest absolute Gasteiger partial charge is 0.386 e. The molecule has 1 amide bonds. The number of benzene rings is 1. The minimum atomic E-state index is -3.27. The predicted molar refractivity (Wildman–Crippen MR) is 100 cm³/mol. The Morgan fingerprint density at radius 3 is 2.52 bits per heavy atom. The van der Waals surface area contributed by atoms with E-state index >= 15 is 0 Å². The third kappa shape index (κ3) is 5.31. The fourth-order valence-electron chi connectivity index (χ4n) is 3.09. The number of alkyl halides is 3. The van der Waals surface area contributed by atoms with Gasteiger partial charge in [0.15, 0.2) is 0 Å². The summed E-state index contributed by atoms with van der Waals surface area (Å²) in [5.74, 6) is -1.62. The van der Waals surface area contributed by atoms with Crippen molar-refractivity contribution in [2.24, 2.45) is 0 Å². The number of amides is 1. The van der Waals surface area contributed by atoms with E-state index in [9.17, 15) is 23.1 Å². The van der Waals surface area contributed by atoms with Crippen LogP contribution in [0, 0.1) is 0 Å². The van der Waals surface area contributed by atoms with Gasteiger partial charge in [0.25, 0.3) is 5.91 Å². The molecular weight excluding hydrogens is 387 g/mol. The molecule has 0 radical (unpaired) electrons. The van der Waals surface area contributed by atoms with E-state index in [2.05, 4.69) is 10.3 Å². The predicted octanol–water partition coefficient (Wildman–Crippen LogP) is 2.16. The van der Waals surface area contributed by atoms with Gasteiger partial charge in [-0.05, 0) is 17.2 Å². The van der Waals surface area contributed by atoms with Crippen LogP contribution in [0.2, 0.25) is 0 Å². The molecular formula is C20H22F3N3O3. The van der Waals surface area contributed by atoms with Gasteiger partial charge >= 0.3 is 6.43 Å². The topological polar surface area (TPSA) is 83.5 Å². The van der Waals surface area contributed by atoms with Crippen molar-refractivity contribution in [2.75, 3.05) is 26.4 Å². The lowest BCUT2D eigenvalue weighted by Crippen LogP contribution is -2.43. The van der Waals surface area contributed by atoms with E-state index in [0.717, 1.165) is 23.4 Å². The first kappa shape index (κ1) is 21.2. The monoisotopic (exact) mass is 409 g/mol. The van der Waals surface area contributed by atoms with Gasteiger partial charge in [-0.2, -0.15) is 8.78 Å². The molecule has 0 bridgehead atoms. The lowest BCUT2D eigenvalue weighted by Gasteiger charge is -2.23. The SMILES string of the molecule is O=C(N[C@H](CF)[C@H](O)c1ccc(-c2ccc(C3COCCN3)nc2)cc1)C(F)F. The Hall–Kier alpha value is -2.49. The second kappa shape index (κ2) is 9.82. The molecule has 29 heavy (non-hydrogen) atoms. The second-order valence-corrected chi connectivity index (χ2v) is 6.69. The molecule has 1 aliphatic rings. The van der Waals surface area contributed by atoms with Crippen molar-refractivity contribution in [3.05, 3.63) is 53.9 Å². The molecule has 0 aliphatic carbocycles. The molecule has 1 unspecified atom stereocenters. The zero-order chi connectivity index (χ0) is 20.8. The Morgan fingerprint density at radius 1 is 1.24 bits per heavy atom. The molecule has 6 nitrogen and oxygen atoms in total. The molecule has 0 spiro atoms. The Kier molecular flexibility index (Phi) is 7.18. The van der Waals surface area contributed by atoms with Crippen LogP contribution in [0.3, 0.4) is 0 Å².